The normalized spacial score (nSPS) is 12.2. The zero-order valence-corrected chi connectivity index (χ0v) is 7.95. The largest absolute Gasteiger partial charge is 0.309 e. The Bertz CT molecular complexity index is 278. The summed E-state index contributed by atoms with van der Waals surface area (Å²) in [6.07, 6.45) is 4.54. The molecule has 0 bridgehead atoms. The van der Waals surface area contributed by atoms with Crippen molar-refractivity contribution in [3.05, 3.63) is 18.6 Å². The Hall–Kier alpha value is -1.16. The third-order valence-corrected chi connectivity index (χ3v) is 1.96. The van der Waals surface area contributed by atoms with E-state index in [4.69, 9.17) is 11.6 Å². The van der Waals surface area contributed by atoms with Crippen molar-refractivity contribution in [2.75, 3.05) is 11.2 Å². The summed E-state index contributed by atoms with van der Waals surface area (Å²) in [4.78, 5) is 19.0. The summed E-state index contributed by atoms with van der Waals surface area (Å²) in [7, 11) is 0. The Balaban J connectivity index is 2.55. The van der Waals surface area contributed by atoms with Gasteiger partial charge in [0.05, 0.1) is 6.20 Å². The first-order valence-electron chi connectivity index (χ1n) is 3.87. The van der Waals surface area contributed by atoms with Gasteiger partial charge in [0.1, 0.15) is 0 Å². The van der Waals surface area contributed by atoms with Gasteiger partial charge in [-0.3, -0.25) is 9.78 Å². The van der Waals surface area contributed by atoms with Crippen molar-refractivity contribution in [1.29, 1.82) is 0 Å². The van der Waals surface area contributed by atoms with E-state index in [0.29, 0.717) is 11.7 Å². The van der Waals surface area contributed by atoms with E-state index < -0.39 is 0 Å². The molecular weight excluding hydrogens is 190 g/mol. The van der Waals surface area contributed by atoms with Crippen LogP contribution in [0, 0.1) is 5.92 Å². The van der Waals surface area contributed by atoms with Gasteiger partial charge in [-0.15, -0.1) is 11.6 Å². The number of rotatable bonds is 3. The van der Waals surface area contributed by atoms with Crippen LogP contribution in [0.3, 0.4) is 0 Å². The average Bonchev–Trinajstić information content (AvgIpc) is 2.18. The first-order chi connectivity index (χ1) is 6.24. The summed E-state index contributed by atoms with van der Waals surface area (Å²) in [5.41, 5.74) is 0. The van der Waals surface area contributed by atoms with Crippen molar-refractivity contribution in [2.45, 2.75) is 6.92 Å². The summed E-state index contributed by atoms with van der Waals surface area (Å²) in [6, 6.07) is 0. The molecule has 1 aromatic rings. The number of amides is 1. The van der Waals surface area contributed by atoms with Gasteiger partial charge in [0.15, 0.2) is 5.82 Å². The SMILES string of the molecule is CC(CCl)C(=O)Nc1cnccn1. The average molecular weight is 200 g/mol. The molecule has 1 aromatic heterocycles. The Morgan fingerprint density at radius 1 is 1.69 bits per heavy atom. The van der Waals surface area contributed by atoms with Gasteiger partial charge in [-0.2, -0.15) is 0 Å². The second kappa shape index (κ2) is 4.77. The molecule has 1 unspecified atom stereocenters. The third-order valence-electron chi connectivity index (χ3n) is 1.49. The van der Waals surface area contributed by atoms with Crippen LogP contribution in [0.15, 0.2) is 18.6 Å². The van der Waals surface area contributed by atoms with Crippen molar-refractivity contribution in [1.82, 2.24) is 9.97 Å². The third kappa shape index (κ3) is 2.99. The molecule has 0 spiro atoms. The lowest BCUT2D eigenvalue weighted by atomic mass is 10.2. The highest BCUT2D eigenvalue weighted by Crippen LogP contribution is 2.03. The number of nitrogens with one attached hydrogen (secondary N) is 1. The fraction of sp³-hybridized carbons (Fsp3) is 0.375. The fourth-order valence-corrected chi connectivity index (χ4v) is 0.823. The van der Waals surface area contributed by atoms with Gasteiger partial charge in [0, 0.05) is 24.2 Å². The molecule has 0 aliphatic heterocycles. The molecule has 0 saturated heterocycles. The molecule has 70 valence electrons. The number of hydrogen-bond donors (Lipinski definition) is 1. The number of aromatic nitrogens is 2. The van der Waals surface area contributed by atoms with Crippen molar-refractivity contribution >= 4 is 23.3 Å². The Labute approximate surface area is 81.3 Å². The van der Waals surface area contributed by atoms with E-state index in [1.54, 1.807) is 13.1 Å². The number of carbonyl (C=O) groups is 1. The molecule has 1 rings (SSSR count). The van der Waals surface area contributed by atoms with Gasteiger partial charge in [0.25, 0.3) is 0 Å². The lowest BCUT2D eigenvalue weighted by molar-refractivity contribution is -0.118. The predicted molar refractivity (Wildman–Crippen MR) is 50.5 cm³/mol. The minimum absolute atomic E-state index is 0.143. The molecule has 0 aromatic carbocycles. The first kappa shape index (κ1) is 9.92. The molecule has 5 heteroatoms. The van der Waals surface area contributed by atoms with Crippen molar-refractivity contribution < 1.29 is 4.79 Å². The van der Waals surface area contributed by atoms with E-state index >= 15 is 0 Å². The highest BCUT2D eigenvalue weighted by molar-refractivity contribution is 6.19. The maximum Gasteiger partial charge on any atom is 0.229 e. The molecule has 4 nitrogen and oxygen atoms in total. The molecule has 1 N–H and O–H groups in total. The Morgan fingerprint density at radius 2 is 2.46 bits per heavy atom. The molecule has 0 aliphatic carbocycles. The van der Waals surface area contributed by atoms with Crippen molar-refractivity contribution in [3.8, 4) is 0 Å². The number of anilines is 1. The maximum atomic E-state index is 11.3. The maximum absolute atomic E-state index is 11.3. The van der Waals surface area contributed by atoms with Crippen LogP contribution in [0.2, 0.25) is 0 Å². The van der Waals surface area contributed by atoms with Crippen molar-refractivity contribution in [3.63, 3.8) is 0 Å². The van der Waals surface area contributed by atoms with Crippen LogP contribution in [0.4, 0.5) is 5.82 Å². The lowest BCUT2D eigenvalue weighted by Crippen LogP contribution is -2.21. The van der Waals surface area contributed by atoms with E-state index in [0.717, 1.165) is 0 Å². The molecule has 0 radical (unpaired) electrons. The molecule has 1 amide bonds. The molecule has 1 atom stereocenters. The molecule has 13 heavy (non-hydrogen) atoms. The van der Waals surface area contributed by atoms with E-state index in [9.17, 15) is 4.79 Å². The molecule has 0 fully saturated rings. The smallest absolute Gasteiger partial charge is 0.229 e. The van der Waals surface area contributed by atoms with Crippen LogP contribution in [-0.4, -0.2) is 21.8 Å². The van der Waals surface area contributed by atoms with E-state index in [-0.39, 0.29) is 11.8 Å². The van der Waals surface area contributed by atoms with Gasteiger partial charge in [-0.05, 0) is 0 Å². The van der Waals surface area contributed by atoms with E-state index in [2.05, 4.69) is 15.3 Å². The summed E-state index contributed by atoms with van der Waals surface area (Å²) < 4.78 is 0. The topological polar surface area (TPSA) is 54.9 Å². The number of alkyl halides is 1. The minimum atomic E-state index is -0.219. The lowest BCUT2D eigenvalue weighted by Gasteiger charge is -2.07. The molecule has 1 heterocycles. The fourth-order valence-electron chi connectivity index (χ4n) is 0.683. The Morgan fingerprint density at radius 3 is 3.00 bits per heavy atom. The van der Waals surface area contributed by atoms with E-state index in [1.165, 1.54) is 12.4 Å². The zero-order chi connectivity index (χ0) is 9.68. The molecule has 0 saturated carbocycles. The number of carbonyl (C=O) groups excluding carboxylic acids is 1. The predicted octanol–water partition coefficient (Wildman–Crippen LogP) is 1.29. The highest BCUT2D eigenvalue weighted by Gasteiger charge is 2.11. The Kier molecular flexibility index (Phi) is 3.64. The summed E-state index contributed by atoms with van der Waals surface area (Å²) in [5, 5.41) is 2.60. The summed E-state index contributed by atoms with van der Waals surface area (Å²) >= 11 is 5.52. The van der Waals surface area contributed by atoms with E-state index in [1.807, 2.05) is 0 Å². The second-order valence-corrected chi connectivity index (χ2v) is 2.94. The number of hydrogen-bond acceptors (Lipinski definition) is 3. The summed E-state index contributed by atoms with van der Waals surface area (Å²) in [5.74, 6) is 0.384. The van der Waals surface area contributed by atoms with Gasteiger partial charge >= 0.3 is 0 Å². The van der Waals surface area contributed by atoms with Crippen LogP contribution in [0.1, 0.15) is 6.92 Å². The molecular formula is C8H10ClN3O. The van der Waals surface area contributed by atoms with Crippen molar-refractivity contribution in [2.24, 2.45) is 5.92 Å². The standard InChI is InChI=1S/C8H10ClN3O/c1-6(4-9)8(13)12-7-5-10-2-3-11-7/h2-3,5-6H,4H2,1H3,(H,11,12,13). The van der Waals surface area contributed by atoms with Gasteiger partial charge in [0.2, 0.25) is 5.91 Å². The van der Waals surface area contributed by atoms with Gasteiger partial charge < -0.3 is 5.32 Å². The second-order valence-electron chi connectivity index (χ2n) is 2.64. The monoisotopic (exact) mass is 199 g/mol. The molecule has 0 aliphatic rings. The van der Waals surface area contributed by atoms with Crippen LogP contribution >= 0.6 is 11.6 Å². The van der Waals surface area contributed by atoms with Crippen LogP contribution in [0.5, 0.6) is 0 Å². The first-order valence-corrected chi connectivity index (χ1v) is 4.40. The number of nitrogens with zero attached hydrogens (tertiary/aromatic N) is 2. The summed E-state index contributed by atoms with van der Waals surface area (Å²) in [6.45, 7) is 1.75. The van der Waals surface area contributed by atoms with Crippen LogP contribution < -0.4 is 5.32 Å². The van der Waals surface area contributed by atoms with Gasteiger partial charge in [-0.1, -0.05) is 6.92 Å². The zero-order valence-electron chi connectivity index (χ0n) is 7.20. The highest BCUT2D eigenvalue weighted by atomic mass is 35.5. The minimum Gasteiger partial charge on any atom is -0.309 e. The van der Waals surface area contributed by atoms with Gasteiger partial charge in [-0.25, -0.2) is 4.98 Å². The van der Waals surface area contributed by atoms with Crippen LogP contribution in [-0.2, 0) is 4.79 Å². The number of halogens is 1. The quantitative estimate of drug-likeness (QED) is 0.747. The van der Waals surface area contributed by atoms with Crippen LogP contribution in [0.25, 0.3) is 0 Å².